The summed E-state index contributed by atoms with van der Waals surface area (Å²) in [5, 5.41) is 9.07. The van der Waals surface area contributed by atoms with E-state index in [2.05, 4.69) is 9.97 Å². The molecule has 3 rings (SSSR count). The van der Waals surface area contributed by atoms with Gasteiger partial charge in [0, 0.05) is 6.20 Å². The summed E-state index contributed by atoms with van der Waals surface area (Å²) in [6, 6.07) is 8.70. The van der Waals surface area contributed by atoms with Gasteiger partial charge in [-0.25, -0.2) is 14.8 Å². The Hall–Kier alpha value is -2.69. The fourth-order valence-corrected chi connectivity index (χ4v) is 2.03. The lowest BCUT2D eigenvalue weighted by atomic mass is 10.1. The molecule has 0 aliphatic carbocycles. The second-order valence-electron chi connectivity index (χ2n) is 4.27. The van der Waals surface area contributed by atoms with Crippen molar-refractivity contribution in [2.45, 2.75) is 6.92 Å². The first kappa shape index (κ1) is 11.4. The number of imidazole rings is 1. The molecule has 0 unspecified atom stereocenters. The van der Waals surface area contributed by atoms with Crippen LogP contribution in [-0.4, -0.2) is 25.6 Å². The number of aryl methyl sites for hydroxylation is 1. The average Bonchev–Trinajstić information content (AvgIpc) is 2.83. The van der Waals surface area contributed by atoms with Gasteiger partial charge >= 0.3 is 5.97 Å². The van der Waals surface area contributed by atoms with Crippen molar-refractivity contribution in [3.8, 4) is 5.69 Å². The van der Waals surface area contributed by atoms with Crippen LogP contribution in [0.15, 0.2) is 42.9 Å². The lowest BCUT2D eigenvalue weighted by molar-refractivity contribution is 0.0697. The number of hydrogen-bond acceptors (Lipinski definition) is 3. The number of aromatic carboxylic acids is 1. The monoisotopic (exact) mass is 253 g/mol. The molecule has 2 heterocycles. The third-order valence-corrected chi connectivity index (χ3v) is 3.02. The number of hydrogen-bond donors (Lipinski definition) is 1. The van der Waals surface area contributed by atoms with E-state index < -0.39 is 5.97 Å². The van der Waals surface area contributed by atoms with E-state index in [-0.39, 0.29) is 5.56 Å². The molecular weight excluding hydrogens is 242 g/mol. The Kier molecular flexibility index (Phi) is 2.52. The van der Waals surface area contributed by atoms with Crippen LogP contribution >= 0.6 is 0 Å². The molecule has 0 amide bonds. The fourth-order valence-electron chi connectivity index (χ4n) is 2.03. The fraction of sp³-hybridized carbons (Fsp3) is 0.0714. The molecule has 2 aromatic heterocycles. The Labute approximate surface area is 109 Å². The smallest absolute Gasteiger partial charge is 0.335 e. The third-order valence-electron chi connectivity index (χ3n) is 3.02. The van der Waals surface area contributed by atoms with Crippen molar-refractivity contribution in [3.63, 3.8) is 0 Å². The molecule has 0 aliphatic rings. The van der Waals surface area contributed by atoms with Gasteiger partial charge in [-0.05, 0) is 36.8 Å². The molecule has 0 spiro atoms. The van der Waals surface area contributed by atoms with Gasteiger partial charge in [0.05, 0.1) is 11.3 Å². The van der Waals surface area contributed by atoms with Gasteiger partial charge in [0.1, 0.15) is 11.8 Å². The van der Waals surface area contributed by atoms with Crippen LogP contribution in [0, 0.1) is 6.92 Å². The molecule has 1 aromatic carbocycles. The van der Waals surface area contributed by atoms with E-state index in [1.807, 2.05) is 19.1 Å². The molecule has 1 N–H and O–H groups in total. The number of fused-ring (bicyclic) bond motifs is 1. The van der Waals surface area contributed by atoms with Crippen molar-refractivity contribution < 1.29 is 9.90 Å². The second-order valence-corrected chi connectivity index (χ2v) is 4.27. The Morgan fingerprint density at radius 1 is 1.26 bits per heavy atom. The summed E-state index contributed by atoms with van der Waals surface area (Å²) in [6.45, 7) is 1.93. The Balaban J connectivity index is 2.26. The average molecular weight is 253 g/mol. The summed E-state index contributed by atoms with van der Waals surface area (Å²) in [5.41, 5.74) is 3.49. The summed E-state index contributed by atoms with van der Waals surface area (Å²) in [4.78, 5) is 19.6. The van der Waals surface area contributed by atoms with Gasteiger partial charge in [0.15, 0.2) is 5.65 Å². The van der Waals surface area contributed by atoms with Crippen molar-refractivity contribution in [2.75, 3.05) is 0 Å². The van der Waals surface area contributed by atoms with Crippen LogP contribution in [0.4, 0.5) is 0 Å². The van der Waals surface area contributed by atoms with Crippen LogP contribution < -0.4 is 0 Å². The van der Waals surface area contributed by atoms with Gasteiger partial charge < -0.3 is 5.11 Å². The largest absolute Gasteiger partial charge is 0.478 e. The normalized spacial score (nSPS) is 10.8. The minimum absolute atomic E-state index is 0.249. The minimum atomic E-state index is -0.946. The SMILES string of the molecule is Cc1ccc(C(=O)O)cc1-n1cnc2cccnc21. The van der Waals surface area contributed by atoms with E-state index in [0.717, 1.165) is 16.8 Å². The van der Waals surface area contributed by atoms with Crippen LogP contribution in [0.25, 0.3) is 16.9 Å². The summed E-state index contributed by atoms with van der Waals surface area (Å²) < 4.78 is 1.80. The number of carboxylic acids is 1. The molecule has 5 heteroatoms. The van der Waals surface area contributed by atoms with E-state index in [4.69, 9.17) is 5.11 Å². The van der Waals surface area contributed by atoms with Crippen LogP contribution in [0.1, 0.15) is 15.9 Å². The summed E-state index contributed by atoms with van der Waals surface area (Å²) >= 11 is 0. The van der Waals surface area contributed by atoms with Gasteiger partial charge in [-0.15, -0.1) is 0 Å². The highest BCUT2D eigenvalue weighted by Crippen LogP contribution is 2.20. The van der Waals surface area contributed by atoms with Crippen molar-refractivity contribution in [2.24, 2.45) is 0 Å². The van der Waals surface area contributed by atoms with Crippen molar-refractivity contribution >= 4 is 17.1 Å². The highest BCUT2D eigenvalue weighted by atomic mass is 16.4. The topological polar surface area (TPSA) is 68.0 Å². The van der Waals surface area contributed by atoms with Crippen molar-refractivity contribution in [1.29, 1.82) is 0 Å². The van der Waals surface area contributed by atoms with Crippen LogP contribution in [0.2, 0.25) is 0 Å². The minimum Gasteiger partial charge on any atom is -0.478 e. The van der Waals surface area contributed by atoms with E-state index in [1.54, 1.807) is 35.3 Å². The maximum Gasteiger partial charge on any atom is 0.335 e. The van der Waals surface area contributed by atoms with E-state index in [0.29, 0.717) is 5.65 Å². The lowest BCUT2D eigenvalue weighted by Crippen LogP contribution is -2.02. The number of pyridine rings is 1. The molecule has 0 saturated heterocycles. The van der Waals surface area contributed by atoms with E-state index >= 15 is 0 Å². The number of rotatable bonds is 2. The maximum absolute atomic E-state index is 11.1. The van der Waals surface area contributed by atoms with Gasteiger partial charge in [-0.1, -0.05) is 6.07 Å². The number of aromatic nitrogens is 3. The molecule has 0 saturated carbocycles. The first-order valence-corrected chi connectivity index (χ1v) is 5.79. The molecule has 0 radical (unpaired) electrons. The molecule has 0 fully saturated rings. The predicted molar refractivity (Wildman–Crippen MR) is 70.6 cm³/mol. The highest BCUT2D eigenvalue weighted by molar-refractivity contribution is 5.88. The van der Waals surface area contributed by atoms with Crippen molar-refractivity contribution in [1.82, 2.24) is 14.5 Å². The molecule has 0 bridgehead atoms. The highest BCUT2D eigenvalue weighted by Gasteiger charge is 2.10. The summed E-state index contributed by atoms with van der Waals surface area (Å²) in [5.74, 6) is -0.946. The summed E-state index contributed by atoms with van der Waals surface area (Å²) in [6.07, 6.45) is 3.35. The predicted octanol–water partition coefficient (Wildman–Crippen LogP) is 2.43. The zero-order valence-corrected chi connectivity index (χ0v) is 10.2. The number of benzene rings is 1. The van der Waals surface area contributed by atoms with Crippen molar-refractivity contribution in [3.05, 3.63) is 54.0 Å². The molecule has 5 nitrogen and oxygen atoms in total. The number of carbonyl (C=O) groups is 1. The first-order valence-electron chi connectivity index (χ1n) is 5.79. The Bertz CT molecular complexity index is 777. The molecule has 3 aromatic rings. The van der Waals surface area contributed by atoms with Crippen LogP contribution in [0.3, 0.4) is 0 Å². The maximum atomic E-state index is 11.1. The number of nitrogens with zero attached hydrogens (tertiary/aromatic N) is 3. The molecule has 94 valence electrons. The van der Waals surface area contributed by atoms with Gasteiger partial charge in [-0.3, -0.25) is 4.57 Å². The zero-order valence-electron chi connectivity index (χ0n) is 10.2. The Morgan fingerprint density at radius 2 is 2.11 bits per heavy atom. The van der Waals surface area contributed by atoms with Crippen LogP contribution in [0.5, 0.6) is 0 Å². The molecular formula is C14H11N3O2. The quantitative estimate of drug-likeness (QED) is 0.761. The van der Waals surface area contributed by atoms with Crippen LogP contribution in [-0.2, 0) is 0 Å². The Morgan fingerprint density at radius 3 is 2.89 bits per heavy atom. The standard InChI is InChI=1S/C14H11N3O2/c1-9-4-5-10(14(18)19)7-12(9)17-8-16-11-3-2-6-15-13(11)17/h2-8H,1H3,(H,18,19). The third kappa shape index (κ3) is 1.85. The second kappa shape index (κ2) is 4.20. The van der Waals surface area contributed by atoms with E-state index in [9.17, 15) is 4.79 Å². The zero-order chi connectivity index (χ0) is 13.4. The molecule has 19 heavy (non-hydrogen) atoms. The van der Waals surface area contributed by atoms with Gasteiger partial charge in [-0.2, -0.15) is 0 Å². The molecule has 0 aliphatic heterocycles. The van der Waals surface area contributed by atoms with Gasteiger partial charge in [0.25, 0.3) is 0 Å². The summed E-state index contributed by atoms with van der Waals surface area (Å²) in [7, 11) is 0. The van der Waals surface area contributed by atoms with Gasteiger partial charge in [0.2, 0.25) is 0 Å². The first-order chi connectivity index (χ1) is 9.16. The van der Waals surface area contributed by atoms with E-state index in [1.165, 1.54) is 0 Å². The lowest BCUT2D eigenvalue weighted by Gasteiger charge is -2.08. The number of carboxylic acid groups (broad SMARTS) is 1. The molecule has 0 atom stereocenters.